The fourth-order valence-electron chi connectivity index (χ4n) is 2.80. The van der Waals surface area contributed by atoms with Crippen LogP contribution in [0, 0.1) is 0 Å². The zero-order valence-electron chi connectivity index (χ0n) is 16.4. The molecular weight excluding hydrogens is 481 g/mol. The Morgan fingerprint density at radius 3 is 2.46 bits per heavy atom. The van der Waals surface area contributed by atoms with Gasteiger partial charge in [0.2, 0.25) is 0 Å². The maximum atomic E-state index is 4.35. The van der Waals surface area contributed by atoms with E-state index in [1.54, 1.807) is 0 Å². The summed E-state index contributed by atoms with van der Waals surface area (Å²) in [6.45, 7) is 2.80. The number of nitrogens with zero attached hydrogens (tertiary/aromatic N) is 2. The third-order valence-corrected chi connectivity index (χ3v) is 6.05. The Balaban J connectivity index is 0.00000280. The van der Waals surface area contributed by atoms with Crippen LogP contribution >= 0.6 is 35.7 Å². The SMILES string of the molecule is CN=C(NCCCCNc1ccccn1)NCC1(Sc2ccccc2)CC1.I. The second-order valence-corrected chi connectivity index (χ2v) is 8.34. The monoisotopic (exact) mass is 511 g/mol. The van der Waals surface area contributed by atoms with Gasteiger partial charge in [-0.15, -0.1) is 35.7 Å². The van der Waals surface area contributed by atoms with Crippen molar-refractivity contribution in [1.82, 2.24) is 15.6 Å². The van der Waals surface area contributed by atoms with Crippen LogP contribution in [0.1, 0.15) is 25.7 Å². The van der Waals surface area contributed by atoms with Crippen LogP contribution in [0.15, 0.2) is 64.6 Å². The lowest BCUT2D eigenvalue weighted by atomic mass is 10.3. The molecule has 1 fully saturated rings. The smallest absolute Gasteiger partial charge is 0.191 e. The molecule has 0 radical (unpaired) electrons. The molecule has 152 valence electrons. The lowest BCUT2D eigenvalue weighted by Crippen LogP contribution is -2.41. The van der Waals surface area contributed by atoms with Crippen molar-refractivity contribution in [1.29, 1.82) is 0 Å². The normalized spacial score (nSPS) is 14.7. The summed E-state index contributed by atoms with van der Waals surface area (Å²) in [6.07, 6.45) is 6.51. The van der Waals surface area contributed by atoms with Gasteiger partial charge in [-0.3, -0.25) is 4.99 Å². The molecule has 0 bridgehead atoms. The molecule has 1 aliphatic rings. The van der Waals surface area contributed by atoms with E-state index in [0.29, 0.717) is 4.75 Å². The van der Waals surface area contributed by atoms with E-state index in [4.69, 9.17) is 0 Å². The molecule has 5 nitrogen and oxygen atoms in total. The zero-order chi connectivity index (χ0) is 18.8. The van der Waals surface area contributed by atoms with Crippen molar-refractivity contribution in [3.05, 3.63) is 54.7 Å². The second kappa shape index (κ2) is 12.2. The molecule has 1 aliphatic carbocycles. The molecule has 0 spiro atoms. The molecule has 0 amide bonds. The minimum atomic E-state index is 0. The largest absolute Gasteiger partial charge is 0.370 e. The number of hydrogen-bond acceptors (Lipinski definition) is 4. The molecule has 7 heteroatoms. The number of nitrogens with one attached hydrogen (secondary N) is 3. The second-order valence-electron chi connectivity index (χ2n) is 6.80. The molecule has 0 saturated heterocycles. The average Bonchev–Trinajstić information content (AvgIpc) is 3.48. The summed E-state index contributed by atoms with van der Waals surface area (Å²) in [6, 6.07) is 16.6. The van der Waals surface area contributed by atoms with Gasteiger partial charge in [-0.1, -0.05) is 24.3 Å². The van der Waals surface area contributed by atoms with E-state index in [1.807, 2.05) is 43.2 Å². The first-order valence-corrected chi connectivity index (χ1v) is 10.4. The van der Waals surface area contributed by atoms with E-state index >= 15 is 0 Å². The first kappa shape index (κ1) is 22.8. The Kier molecular flexibility index (Phi) is 9.91. The summed E-state index contributed by atoms with van der Waals surface area (Å²) in [5.74, 6) is 1.83. The van der Waals surface area contributed by atoms with Crippen molar-refractivity contribution >= 4 is 47.5 Å². The van der Waals surface area contributed by atoms with Gasteiger partial charge in [-0.25, -0.2) is 4.98 Å². The van der Waals surface area contributed by atoms with Crippen molar-refractivity contribution in [2.75, 3.05) is 32.0 Å². The van der Waals surface area contributed by atoms with Crippen LogP contribution in [0.5, 0.6) is 0 Å². The molecule has 0 unspecified atom stereocenters. The van der Waals surface area contributed by atoms with E-state index in [-0.39, 0.29) is 24.0 Å². The van der Waals surface area contributed by atoms with Gasteiger partial charge in [0, 0.05) is 42.5 Å². The summed E-state index contributed by atoms with van der Waals surface area (Å²) in [7, 11) is 1.84. The van der Waals surface area contributed by atoms with Crippen LogP contribution < -0.4 is 16.0 Å². The molecule has 1 aromatic carbocycles. The Hall–Kier alpha value is -1.48. The van der Waals surface area contributed by atoms with Crippen molar-refractivity contribution < 1.29 is 0 Å². The number of anilines is 1. The van der Waals surface area contributed by atoms with Crippen LogP contribution in [0.2, 0.25) is 0 Å². The van der Waals surface area contributed by atoms with Gasteiger partial charge in [0.05, 0.1) is 0 Å². The highest BCUT2D eigenvalue weighted by atomic mass is 127. The van der Waals surface area contributed by atoms with E-state index in [9.17, 15) is 0 Å². The quantitative estimate of drug-likeness (QED) is 0.191. The van der Waals surface area contributed by atoms with Crippen molar-refractivity contribution in [2.24, 2.45) is 4.99 Å². The Labute approximate surface area is 189 Å². The lowest BCUT2D eigenvalue weighted by Gasteiger charge is -2.18. The van der Waals surface area contributed by atoms with Crippen LogP contribution in [0.3, 0.4) is 0 Å². The Morgan fingerprint density at radius 2 is 1.79 bits per heavy atom. The zero-order valence-corrected chi connectivity index (χ0v) is 19.5. The predicted octanol–water partition coefficient (Wildman–Crippen LogP) is 4.38. The summed E-state index contributed by atoms with van der Waals surface area (Å²) in [5, 5.41) is 10.3. The molecule has 0 atom stereocenters. The van der Waals surface area contributed by atoms with Crippen molar-refractivity contribution in [3.8, 4) is 0 Å². The van der Waals surface area contributed by atoms with Crippen LogP contribution in [0.4, 0.5) is 5.82 Å². The maximum absolute atomic E-state index is 4.35. The highest BCUT2D eigenvalue weighted by molar-refractivity contribution is 14.0. The molecule has 28 heavy (non-hydrogen) atoms. The minimum Gasteiger partial charge on any atom is -0.370 e. The first-order valence-electron chi connectivity index (χ1n) is 9.63. The number of guanidine groups is 1. The van der Waals surface area contributed by atoms with E-state index in [0.717, 1.165) is 44.3 Å². The number of benzene rings is 1. The molecule has 0 aliphatic heterocycles. The topological polar surface area (TPSA) is 61.3 Å². The standard InChI is InChI=1S/C21H29N5S.HI/c1-22-20(25-16-8-7-15-24-19-11-5-6-14-23-19)26-17-21(12-13-21)27-18-9-3-2-4-10-18;/h2-6,9-11,14H,7-8,12-13,15-17H2,1H3,(H,23,24)(H2,22,25,26);1H. The van der Waals surface area contributed by atoms with Crippen LogP contribution in [-0.4, -0.2) is 42.4 Å². The van der Waals surface area contributed by atoms with E-state index < -0.39 is 0 Å². The number of aromatic nitrogens is 1. The number of hydrogen-bond donors (Lipinski definition) is 3. The molecule has 1 heterocycles. The van der Waals surface area contributed by atoms with Gasteiger partial charge < -0.3 is 16.0 Å². The third-order valence-electron chi connectivity index (χ3n) is 4.55. The molecule has 1 saturated carbocycles. The number of thioether (sulfide) groups is 1. The van der Waals surface area contributed by atoms with E-state index in [2.05, 4.69) is 56.3 Å². The number of unbranched alkanes of at least 4 members (excludes halogenated alkanes) is 1. The van der Waals surface area contributed by atoms with Crippen LogP contribution in [0.25, 0.3) is 0 Å². The van der Waals surface area contributed by atoms with Crippen molar-refractivity contribution in [2.45, 2.75) is 35.3 Å². The highest BCUT2D eigenvalue weighted by Gasteiger charge is 2.43. The Morgan fingerprint density at radius 1 is 1.04 bits per heavy atom. The number of aliphatic imine (C=N–C) groups is 1. The predicted molar refractivity (Wildman–Crippen MR) is 131 cm³/mol. The van der Waals surface area contributed by atoms with E-state index in [1.165, 1.54) is 17.7 Å². The number of rotatable bonds is 10. The fraction of sp³-hybridized carbons (Fsp3) is 0.429. The molecular formula is C21H30IN5S. The van der Waals surface area contributed by atoms with Gasteiger partial charge in [-0.2, -0.15) is 0 Å². The molecule has 1 aromatic heterocycles. The maximum Gasteiger partial charge on any atom is 0.191 e. The van der Waals surface area contributed by atoms with Crippen LogP contribution in [-0.2, 0) is 0 Å². The van der Waals surface area contributed by atoms with Gasteiger partial charge >= 0.3 is 0 Å². The number of halogens is 1. The van der Waals surface area contributed by atoms with Gasteiger partial charge in [0.15, 0.2) is 5.96 Å². The third kappa shape index (κ3) is 7.87. The Bertz CT molecular complexity index is 707. The average molecular weight is 511 g/mol. The van der Waals surface area contributed by atoms with Gasteiger partial charge in [0.25, 0.3) is 0 Å². The first-order chi connectivity index (χ1) is 13.3. The van der Waals surface area contributed by atoms with Crippen molar-refractivity contribution in [3.63, 3.8) is 0 Å². The lowest BCUT2D eigenvalue weighted by molar-refractivity contribution is 0.704. The summed E-state index contributed by atoms with van der Waals surface area (Å²) >= 11 is 1.98. The molecule has 3 N–H and O–H groups in total. The molecule has 3 rings (SSSR count). The van der Waals surface area contributed by atoms with Gasteiger partial charge in [-0.05, 0) is 49.9 Å². The fourth-order valence-corrected chi connectivity index (χ4v) is 4.04. The summed E-state index contributed by atoms with van der Waals surface area (Å²) in [4.78, 5) is 9.96. The minimum absolute atomic E-state index is 0. The summed E-state index contributed by atoms with van der Waals surface area (Å²) < 4.78 is 0.325. The summed E-state index contributed by atoms with van der Waals surface area (Å²) in [5.41, 5.74) is 0. The highest BCUT2D eigenvalue weighted by Crippen LogP contribution is 2.51. The number of pyridine rings is 1. The van der Waals surface area contributed by atoms with Gasteiger partial charge in [0.1, 0.15) is 5.82 Å². The molecule has 2 aromatic rings.